The van der Waals surface area contributed by atoms with Gasteiger partial charge in [-0.3, -0.25) is 9.69 Å². The number of amides is 1. The third-order valence-corrected chi connectivity index (χ3v) is 8.23. The van der Waals surface area contributed by atoms with Gasteiger partial charge in [-0.25, -0.2) is 12.8 Å². The second-order valence-electron chi connectivity index (χ2n) is 7.85. The smallest absolute Gasteiger partial charge is 0.236 e. The molecule has 4 rings (SSSR count). The summed E-state index contributed by atoms with van der Waals surface area (Å²) >= 11 is 1.29. The van der Waals surface area contributed by atoms with Crippen molar-refractivity contribution in [1.29, 1.82) is 0 Å². The van der Waals surface area contributed by atoms with Gasteiger partial charge >= 0.3 is 0 Å². The fourth-order valence-corrected chi connectivity index (χ4v) is 6.58. The van der Waals surface area contributed by atoms with Crippen LogP contribution in [0.25, 0.3) is 0 Å². The second-order valence-corrected chi connectivity index (χ2v) is 10.7. The maximum Gasteiger partial charge on any atom is 0.236 e. The van der Waals surface area contributed by atoms with E-state index in [4.69, 9.17) is 0 Å². The van der Waals surface area contributed by atoms with E-state index in [0.717, 1.165) is 11.3 Å². The summed E-state index contributed by atoms with van der Waals surface area (Å²) in [5.74, 6) is -0.0140. The van der Waals surface area contributed by atoms with Crippen LogP contribution in [0.15, 0.2) is 29.6 Å². The molecule has 0 spiro atoms. The highest BCUT2D eigenvalue weighted by Crippen LogP contribution is 2.39. The van der Waals surface area contributed by atoms with Gasteiger partial charge in [-0.1, -0.05) is 16.6 Å². The van der Waals surface area contributed by atoms with E-state index in [-0.39, 0.29) is 47.7 Å². The van der Waals surface area contributed by atoms with Gasteiger partial charge in [0.2, 0.25) is 5.91 Å². The Hall–Kier alpha value is -1.91. The van der Waals surface area contributed by atoms with Crippen LogP contribution in [0.2, 0.25) is 0 Å². The fraction of sp³-hybridized carbons (Fsp3) is 0.526. The van der Waals surface area contributed by atoms with Crippen LogP contribution in [-0.2, 0) is 14.6 Å². The molecule has 3 heterocycles. The highest BCUT2D eigenvalue weighted by atomic mass is 32.2. The van der Waals surface area contributed by atoms with Crippen molar-refractivity contribution < 1.29 is 17.6 Å². The van der Waals surface area contributed by atoms with Crippen LogP contribution in [0.5, 0.6) is 0 Å². The zero-order valence-corrected chi connectivity index (χ0v) is 17.7. The summed E-state index contributed by atoms with van der Waals surface area (Å²) in [7, 11) is -1.36. The van der Waals surface area contributed by atoms with E-state index in [0.29, 0.717) is 19.5 Å². The first kappa shape index (κ1) is 20.4. The van der Waals surface area contributed by atoms with Gasteiger partial charge in [0.25, 0.3) is 0 Å². The Morgan fingerprint density at radius 2 is 2.00 bits per heavy atom. The molecule has 2 saturated heterocycles. The molecule has 0 radical (unpaired) electrons. The number of carbonyl (C=O) groups is 1. The number of benzene rings is 1. The summed E-state index contributed by atoms with van der Waals surface area (Å²) in [6.07, 6.45) is 0.496. The van der Waals surface area contributed by atoms with Crippen molar-refractivity contribution in [2.75, 3.05) is 38.2 Å². The average Bonchev–Trinajstić information content (AvgIpc) is 3.41. The van der Waals surface area contributed by atoms with Gasteiger partial charge in [0, 0.05) is 43.4 Å². The number of rotatable bonds is 5. The minimum Gasteiger partial charge on any atom is -0.341 e. The molecule has 29 heavy (non-hydrogen) atoms. The van der Waals surface area contributed by atoms with E-state index in [1.807, 2.05) is 5.38 Å². The van der Waals surface area contributed by atoms with Gasteiger partial charge in [-0.2, -0.15) is 0 Å². The Morgan fingerprint density at radius 1 is 1.28 bits per heavy atom. The van der Waals surface area contributed by atoms with Crippen molar-refractivity contribution in [3.8, 4) is 0 Å². The summed E-state index contributed by atoms with van der Waals surface area (Å²) in [6.45, 7) is 1.52. The highest BCUT2D eigenvalue weighted by molar-refractivity contribution is 7.91. The first-order valence-electron chi connectivity index (χ1n) is 9.53. The molecule has 1 amide bonds. The Bertz CT molecular complexity index is 966. The lowest BCUT2D eigenvalue weighted by atomic mass is 9.87. The highest BCUT2D eigenvalue weighted by Gasteiger charge is 2.38. The van der Waals surface area contributed by atoms with Gasteiger partial charge in [0.05, 0.1) is 23.7 Å². The molecule has 0 unspecified atom stereocenters. The minimum absolute atomic E-state index is 0.0422. The summed E-state index contributed by atoms with van der Waals surface area (Å²) in [6, 6.07) is 6.23. The monoisotopic (exact) mass is 438 g/mol. The largest absolute Gasteiger partial charge is 0.341 e. The predicted molar refractivity (Wildman–Crippen MR) is 108 cm³/mol. The zero-order valence-electron chi connectivity index (χ0n) is 16.1. The van der Waals surface area contributed by atoms with Gasteiger partial charge in [0.1, 0.15) is 5.82 Å². The zero-order chi connectivity index (χ0) is 20.6. The Morgan fingerprint density at radius 3 is 2.62 bits per heavy atom. The van der Waals surface area contributed by atoms with Crippen molar-refractivity contribution in [1.82, 2.24) is 19.4 Å². The van der Waals surface area contributed by atoms with Crippen LogP contribution in [0, 0.1) is 5.82 Å². The lowest BCUT2D eigenvalue weighted by Gasteiger charge is -2.26. The normalized spacial score (nSPS) is 26.6. The lowest BCUT2D eigenvalue weighted by Crippen LogP contribution is -2.43. The van der Waals surface area contributed by atoms with Crippen LogP contribution in [-0.4, -0.2) is 77.9 Å². The third kappa shape index (κ3) is 4.49. The molecule has 2 aliphatic heterocycles. The van der Waals surface area contributed by atoms with Crippen LogP contribution in [0.4, 0.5) is 4.39 Å². The lowest BCUT2D eigenvalue weighted by molar-refractivity contribution is -0.132. The predicted octanol–water partition coefficient (Wildman–Crippen LogP) is 1.51. The number of sulfone groups is 1. The molecule has 0 aliphatic carbocycles. The van der Waals surface area contributed by atoms with Crippen molar-refractivity contribution in [3.05, 3.63) is 46.7 Å². The number of likely N-dealkylation sites (N-methyl/N-ethyl adjacent to an activating group) is 1. The van der Waals surface area contributed by atoms with E-state index in [2.05, 4.69) is 14.5 Å². The number of likely N-dealkylation sites (tertiary alicyclic amines) is 1. The van der Waals surface area contributed by atoms with E-state index in [1.54, 1.807) is 24.1 Å². The molecule has 3 atom stereocenters. The van der Waals surface area contributed by atoms with Gasteiger partial charge < -0.3 is 4.90 Å². The van der Waals surface area contributed by atoms with Gasteiger partial charge in [-0.05, 0) is 35.6 Å². The fourth-order valence-electron chi connectivity index (χ4n) is 4.28. The van der Waals surface area contributed by atoms with Crippen molar-refractivity contribution in [2.45, 2.75) is 24.3 Å². The number of nitrogens with zero attached hydrogens (tertiary/aromatic N) is 4. The second kappa shape index (κ2) is 8.08. The first-order chi connectivity index (χ1) is 13.8. The molecular formula is C19H23FN4O3S2. The molecule has 0 bridgehead atoms. The summed E-state index contributed by atoms with van der Waals surface area (Å²) < 4.78 is 40.8. The maximum absolute atomic E-state index is 13.4. The molecule has 1 aromatic heterocycles. The summed E-state index contributed by atoms with van der Waals surface area (Å²) in [5.41, 5.74) is 1.89. The number of hydrogen-bond acceptors (Lipinski definition) is 7. The third-order valence-electron chi connectivity index (χ3n) is 5.96. The molecule has 2 fully saturated rings. The van der Waals surface area contributed by atoms with E-state index < -0.39 is 9.84 Å². The molecule has 0 saturated carbocycles. The van der Waals surface area contributed by atoms with E-state index >= 15 is 0 Å². The molecule has 156 valence electrons. The standard InChI is InChI=1S/C19H23FN4O3S2/c1-23(15-6-7-29(26,27)12-15)19(25)10-24-8-16(13-2-4-14(20)5-3-13)17(9-24)18-11-28-22-21-18/h2-5,11,15-17H,6-10,12H2,1H3/t15-,16+,17-/m0/s1. The van der Waals surface area contributed by atoms with Gasteiger partial charge in [0.15, 0.2) is 9.84 Å². The molecule has 2 aromatic rings. The number of aromatic nitrogens is 2. The Kier molecular flexibility index (Phi) is 5.67. The van der Waals surface area contributed by atoms with Crippen molar-refractivity contribution in [3.63, 3.8) is 0 Å². The van der Waals surface area contributed by atoms with E-state index in [1.165, 1.54) is 23.7 Å². The van der Waals surface area contributed by atoms with Gasteiger partial charge in [-0.15, -0.1) is 5.10 Å². The quantitative estimate of drug-likeness (QED) is 0.704. The number of halogens is 1. The molecule has 2 aliphatic rings. The Labute approximate surface area is 173 Å². The molecular weight excluding hydrogens is 415 g/mol. The number of carbonyl (C=O) groups excluding carboxylic acids is 1. The van der Waals surface area contributed by atoms with Crippen LogP contribution in [0.3, 0.4) is 0 Å². The average molecular weight is 439 g/mol. The Balaban J connectivity index is 1.47. The minimum atomic E-state index is -3.04. The van der Waals surface area contributed by atoms with E-state index in [9.17, 15) is 17.6 Å². The molecule has 0 N–H and O–H groups in total. The molecule has 1 aromatic carbocycles. The van der Waals surface area contributed by atoms with Crippen LogP contribution >= 0.6 is 11.5 Å². The first-order valence-corrected chi connectivity index (χ1v) is 12.2. The van der Waals surface area contributed by atoms with Crippen LogP contribution in [0.1, 0.15) is 29.5 Å². The summed E-state index contributed by atoms with van der Waals surface area (Å²) in [5, 5.41) is 6.14. The van der Waals surface area contributed by atoms with Crippen molar-refractivity contribution in [2.24, 2.45) is 0 Å². The molecule has 7 nitrogen and oxygen atoms in total. The van der Waals surface area contributed by atoms with Crippen LogP contribution < -0.4 is 0 Å². The maximum atomic E-state index is 13.4. The summed E-state index contributed by atoms with van der Waals surface area (Å²) in [4.78, 5) is 16.4. The number of hydrogen-bond donors (Lipinski definition) is 0. The topological polar surface area (TPSA) is 83.5 Å². The molecule has 10 heteroatoms. The van der Waals surface area contributed by atoms with Crippen molar-refractivity contribution >= 4 is 27.3 Å². The SMILES string of the molecule is CN(C(=O)CN1C[C@H](c2ccc(F)cc2)[C@@H](c2csnn2)C1)[C@H]1CCS(=O)(=O)C1.